The van der Waals surface area contributed by atoms with Crippen molar-refractivity contribution >= 4 is 5.97 Å². The lowest BCUT2D eigenvalue weighted by atomic mass is 9.78. The molecule has 18 heavy (non-hydrogen) atoms. The summed E-state index contributed by atoms with van der Waals surface area (Å²) < 4.78 is 5.52. The molecular weight excluding hydrogens is 226 g/mol. The summed E-state index contributed by atoms with van der Waals surface area (Å²) in [5.74, 6) is -0.244. The molecule has 0 radical (unpaired) electrons. The SMILES string of the molecule is CCC(CN)(C(=O)OC(C)(C)C)c1ccccc1. The first-order chi connectivity index (χ1) is 8.35. The zero-order valence-electron chi connectivity index (χ0n) is 11.7. The Morgan fingerprint density at radius 3 is 2.17 bits per heavy atom. The van der Waals surface area contributed by atoms with E-state index in [0.29, 0.717) is 6.42 Å². The van der Waals surface area contributed by atoms with Crippen LogP contribution in [0.15, 0.2) is 30.3 Å². The van der Waals surface area contributed by atoms with Gasteiger partial charge in [0.15, 0.2) is 0 Å². The van der Waals surface area contributed by atoms with Crippen LogP contribution in [-0.2, 0) is 14.9 Å². The smallest absolute Gasteiger partial charge is 0.318 e. The molecule has 0 saturated carbocycles. The minimum absolute atomic E-state index is 0.244. The van der Waals surface area contributed by atoms with Crippen LogP contribution in [0.4, 0.5) is 0 Å². The molecule has 0 aliphatic rings. The van der Waals surface area contributed by atoms with Gasteiger partial charge in [0.1, 0.15) is 11.0 Å². The third kappa shape index (κ3) is 3.10. The first kappa shape index (κ1) is 14.7. The minimum Gasteiger partial charge on any atom is -0.459 e. The Bertz CT molecular complexity index is 389. The normalized spacial score (nSPS) is 14.9. The van der Waals surface area contributed by atoms with Crippen LogP contribution in [0.25, 0.3) is 0 Å². The number of nitrogens with two attached hydrogens (primary N) is 1. The number of hydrogen-bond acceptors (Lipinski definition) is 3. The van der Waals surface area contributed by atoms with E-state index in [-0.39, 0.29) is 12.5 Å². The van der Waals surface area contributed by atoms with Crippen molar-refractivity contribution in [2.24, 2.45) is 5.73 Å². The Morgan fingerprint density at radius 1 is 1.22 bits per heavy atom. The van der Waals surface area contributed by atoms with Crippen molar-refractivity contribution in [3.8, 4) is 0 Å². The molecule has 2 N–H and O–H groups in total. The number of carbonyl (C=O) groups is 1. The third-order valence-electron chi connectivity index (χ3n) is 3.07. The number of rotatable bonds is 4. The summed E-state index contributed by atoms with van der Waals surface area (Å²) >= 11 is 0. The molecule has 1 unspecified atom stereocenters. The van der Waals surface area contributed by atoms with E-state index >= 15 is 0 Å². The van der Waals surface area contributed by atoms with Gasteiger partial charge in [-0.15, -0.1) is 0 Å². The van der Waals surface area contributed by atoms with Crippen LogP contribution in [0, 0.1) is 0 Å². The number of benzene rings is 1. The predicted molar refractivity (Wildman–Crippen MR) is 73.3 cm³/mol. The highest BCUT2D eigenvalue weighted by atomic mass is 16.6. The molecule has 100 valence electrons. The van der Waals surface area contributed by atoms with Crippen molar-refractivity contribution in [2.45, 2.75) is 45.1 Å². The molecule has 1 atom stereocenters. The van der Waals surface area contributed by atoms with Gasteiger partial charge < -0.3 is 10.5 Å². The molecule has 0 heterocycles. The van der Waals surface area contributed by atoms with E-state index in [9.17, 15) is 4.79 Å². The zero-order valence-corrected chi connectivity index (χ0v) is 11.7. The average molecular weight is 249 g/mol. The van der Waals surface area contributed by atoms with E-state index in [0.717, 1.165) is 5.56 Å². The van der Waals surface area contributed by atoms with E-state index in [1.165, 1.54) is 0 Å². The zero-order chi connectivity index (χ0) is 13.8. The Kier molecular flexibility index (Phi) is 4.52. The maximum Gasteiger partial charge on any atom is 0.318 e. The van der Waals surface area contributed by atoms with Gasteiger partial charge in [0, 0.05) is 6.54 Å². The van der Waals surface area contributed by atoms with Crippen molar-refractivity contribution in [1.82, 2.24) is 0 Å². The molecular formula is C15H23NO2. The summed E-state index contributed by atoms with van der Waals surface area (Å²) in [5, 5.41) is 0. The van der Waals surface area contributed by atoms with Crippen molar-refractivity contribution in [3.63, 3.8) is 0 Å². The number of esters is 1. The third-order valence-corrected chi connectivity index (χ3v) is 3.07. The van der Waals surface area contributed by atoms with Gasteiger partial charge in [-0.3, -0.25) is 4.79 Å². The first-order valence-corrected chi connectivity index (χ1v) is 6.35. The average Bonchev–Trinajstić information content (AvgIpc) is 2.30. The van der Waals surface area contributed by atoms with Crippen LogP contribution < -0.4 is 5.73 Å². The molecule has 3 nitrogen and oxygen atoms in total. The summed E-state index contributed by atoms with van der Waals surface area (Å²) in [7, 11) is 0. The molecule has 0 aliphatic heterocycles. The second-order valence-electron chi connectivity index (χ2n) is 5.51. The first-order valence-electron chi connectivity index (χ1n) is 6.35. The predicted octanol–water partition coefficient (Wildman–Crippen LogP) is 2.63. The Morgan fingerprint density at radius 2 is 1.78 bits per heavy atom. The van der Waals surface area contributed by atoms with Crippen molar-refractivity contribution in [3.05, 3.63) is 35.9 Å². The maximum atomic E-state index is 12.4. The Balaban J connectivity index is 3.12. The number of hydrogen-bond donors (Lipinski definition) is 1. The van der Waals surface area contributed by atoms with Crippen LogP contribution >= 0.6 is 0 Å². The van der Waals surface area contributed by atoms with Crippen LogP contribution in [-0.4, -0.2) is 18.1 Å². The highest BCUT2D eigenvalue weighted by Crippen LogP contribution is 2.30. The highest BCUT2D eigenvalue weighted by Gasteiger charge is 2.40. The fourth-order valence-electron chi connectivity index (χ4n) is 1.94. The highest BCUT2D eigenvalue weighted by molar-refractivity contribution is 5.84. The van der Waals surface area contributed by atoms with Gasteiger partial charge >= 0.3 is 5.97 Å². The number of carbonyl (C=O) groups excluding carboxylic acids is 1. The standard InChI is InChI=1S/C15H23NO2/c1-5-15(11-16,12-9-7-6-8-10-12)13(17)18-14(2,3)4/h6-10H,5,11,16H2,1-4H3. The largest absolute Gasteiger partial charge is 0.459 e. The van der Waals surface area contributed by atoms with Gasteiger partial charge in [-0.25, -0.2) is 0 Å². The fraction of sp³-hybridized carbons (Fsp3) is 0.533. The van der Waals surface area contributed by atoms with Crippen molar-refractivity contribution < 1.29 is 9.53 Å². The Labute approximate surface area is 109 Å². The monoisotopic (exact) mass is 249 g/mol. The van der Waals surface area contributed by atoms with E-state index in [1.807, 2.05) is 58.0 Å². The minimum atomic E-state index is -0.742. The van der Waals surface area contributed by atoms with Gasteiger partial charge in [0.25, 0.3) is 0 Å². The van der Waals surface area contributed by atoms with Gasteiger partial charge in [0.2, 0.25) is 0 Å². The topological polar surface area (TPSA) is 52.3 Å². The lowest BCUT2D eigenvalue weighted by Gasteiger charge is -2.33. The molecule has 0 spiro atoms. The van der Waals surface area contributed by atoms with E-state index in [1.54, 1.807) is 0 Å². The van der Waals surface area contributed by atoms with Gasteiger partial charge in [0.05, 0.1) is 0 Å². The molecule has 1 rings (SSSR count). The summed E-state index contributed by atoms with van der Waals surface area (Å²) in [4.78, 5) is 12.4. The van der Waals surface area contributed by atoms with Crippen molar-refractivity contribution in [1.29, 1.82) is 0 Å². The number of ether oxygens (including phenoxy) is 1. The second-order valence-corrected chi connectivity index (χ2v) is 5.51. The summed E-state index contributed by atoms with van der Waals surface area (Å²) in [6, 6.07) is 9.62. The fourth-order valence-corrected chi connectivity index (χ4v) is 1.94. The van der Waals surface area contributed by atoms with Gasteiger partial charge in [-0.05, 0) is 32.8 Å². The van der Waals surface area contributed by atoms with Crippen molar-refractivity contribution in [2.75, 3.05) is 6.54 Å². The molecule has 0 fully saturated rings. The molecule has 0 aliphatic carbocycles. The lowest BCUT2D eigenvalue weighted by Crippen LogP contribution is -2.46. The van der Waals surface area contributed by atoms with Crippen LogP contribution in [0.2, 0.25) is 0 Å². The maximum absolute atomic E-state index is 12.4. The van der Waals surface area contributed by atoms with Crippen LogP contribution in [0.3, 0.4) is 0 Å². The quantitative estimate of drug-likeness (QED) is 0.835. The molecule has 1 aromatic carbocycles. The van der Waals surface area contributed by atoms with E-state index < -0.39 is 11.0 Å². The van der Waals surface area contributed by atoms with E-state index in [4.69, 9.17) is 10.5 Å². The molecule has 0 aromatic heterocycles. The molecule has 0 amide bonds. The van der Waals surface area contributed by atoms with Crippen LogP contribution in [0.5, 0.6) is 0 Å². The summed E-state index contributed by atoms with van der Waals surface area (Å²) in [6.07, 6.45) is 0.627. The molecule has 3 heteroatoms. The van der Waals surface area contributed by atoms with Crippen LogP contribution in [0.1, 0.15) is 39.7 Å². The lowest BCUT2D eigenvalue weighted by molar-refractivity contribution is -0.162. The Hall–Kier alpha value is -1.35. The molecule has 0 saturated heterocycles. The van der Waals surface area contributed by atoms with Gasteiger partial charge in [-0.2, -0.15) is 0 Å². The van der Waals surface area contributed by atoms with E-state index in [2.05, 4.69) is 0 Å². The van der Waals surface area contributed by atoms with Gasteiger partial charge in [-0.1, -0.05) is 37.3 Å². The summed E-state index contributed by atoms with van der Waals surface area (Å²) in [5.41, 5.74) is 5.55. The second kappa shape index (κ2) is 5.53. The summed E-state index contributed by atoms with van der Waals surface area (Å²) in [6.45, 7) is 7.82. The molecule has 1 aromatic rings. The molecule has 0 bridgehead atoms.